The Bertz CT molecular complexity index is 233. The van der Waals surface area contributed by atoms with Crippen LogP contribution >= 0.6 is 12.4 Å². The van der Waals surface area contributed by atoms with E-state index >= 15 is 0 Å². The molecule has 13 heavy (non-hydrogen) atoms. The Kier molecular flexibility index (Phi) is 5.84. The molecule has 0 aliphatic heterocycles. The fourth-order valence-corrected chi connectivity index (χ4v) is 1.43. The Morgan fingerprint density at radius 1 is 1.54 bits per heavy atom. The zero-order valence-electron chi connectivity index (χ0n) is 8.36. The molecule has 0 aromatic carbocycles. The summed E-state index contributed by atoms with van der Waals surface area (Å²) in [6, 6.07) is 4.35. The zero-order valence-corrected chi connectivity index (χ0v) is 9.18. The molecule has 2 N–H and O–H groups in total. The Morgan fingerprint density at radius 2 is 2.23 bits per heavy atom. The van der Waals surface area contributed by atoms with Gasteiger partial charge in [0, 0.05) is 25.0 Å². The molecule has 1 aromatic heterocycles. The lowest BCUT2D eigenvalue weighted by Crippen LogP contribution is -2.13. The molecule has 0 aliphatic rings. The van der Waals surface area contributed by atoms with Gasteiger partial charge in [-0.15, -0.1) is 12.4 Å². The van der Waals surface area contributed by atoms with Gasteiger partial charge in [-0.25, -0.2) is 0 Å². The van der Waals surface area contributed by atoms with Crippen LogP contribution < -0.4 is 5.73 Å². The van der Waals surface area contributed by atoms with Gasteiger partial charge in [-0.1, -0.05) is 19.8 Å². The van der Waals surface area contributed by atoms with Crippen molar-refractivity contribution in [2.24, 2.45) is 12.8 Å². The van der Waals surface area contributed by atoms with Crippen LogP contribution in [-0.4, -0.2) is 4.57 Å². The highest BCUT2D eigenvalue weighted by Gasteiger charge is 2.06. The lowest BCUT2D eigenvalue weighted by Gasteiger charge is -2.11. The topological polar surface area (TPSA) is 30.9 Å². The molecule has 1 aromatic rings. The van der Waals surface area contributed by atoms with Gasteiger partial charge in [-0.2, -0.15) is 0 Å². The molecule has 0 saturated carbocycles. The predicted octanol–water partition coefficient (Wildman–Crippen LogP) is 2.64. The van der Waals surface area contributed by atoms with Crippen LogP contribution in [0.2, 0.25) is 0 Å². The number of aromatic nitrogens is 1. The fourth-order valence-electron chi connectivity index (χ4n) is 1.43. The molecule has 2 nitrogen and oxygen atoms in total. The van der Waals surface area contributed by atoms with Crippen molar-refractivity contribution in [1.82, 2.24) is 4.57 Å². The SMILES string of the molecule is CCCC[C@@H](N)c1cccn1C.Cl. The summed E-state index contributed by atoms with van der Waals surface area (Å²) in [5, 5.41) is 0. The summed E-state index contributed by atoms with van der Waals surface area (Å²) in [5.74, 6) is 0. The molecule has 0 saturated heterocycles. The second kappa shape index (κ2) is 6.06. The number of rotatable bonds is 4. The third kappa shape index (κ3) is 3.41. The molecule has 0 fully saturated rings. The van der Waals surface area contributed by atoms with Crippen molar-refractivity contribution in [2.45, 2.75) is 32.2 Å². The number of aryl methyl sites for hydroxylation is 1. The number of hydrogen-bond donors (Lipinski definition) is 1. The molecule has 0 amide bonds. The first-order valence-corrected chi connectivity index (χ1v) is 4.62. The highest BCUT2D eigenvalue weighted by atomic mass is 35.5. The summed E-state index contributed by atoms with van der Waals surface area (Å²) in [6.07, 6.45) is 5.57. The van der Waals surface area contributed by atoms with Crippen molar-refractivity contribution in [3.63, 3.8) is 0 Å². The van der Waals surface area contributed by atoms with E-state index in [9.17, 15) is 0 Å². The second-order valence-corrected chi connectivity index (χ2v) is 3.29. The van der Waals surface area contributed by atoms with E-state index in [0.29, 0.717) is 0 Å². The molecule has 0 bridgehead atoms. The Hall–Kier alpha value is -0.470. The molecule has 0 unspecified atom stereocenters. The van der Waals surface area contributed by atoms with Crippen LogP contribution in [0.15, 0.2) is 18.3 Å². The van der Waals surface area contributed by atoms with Gasteiger partial charge in [-0.05, 0) is 18.6 Å². The number of unbranched alkanes of at least 4 members (excludes halogenated alkanes) is 1. The number of hydrogen-bond acceptors (Lipinski definition) is 1. The van der Waals surface area contributed by atoms with Gasteiger partial charge in [0.05, 0.1) is 0 Å². The molecule has 0 radical (unpaired) electrons. The standard InChI is InChI=1S/C10H18N2.ClH/c1-3-4-6-9(11)10-7-5-8-12(10)2;/h5,7-9H,3-4,6,11H2,1-2H3;1H/t9-;/m1./s1. The number of nitrogens with zero attached hydrogens (tertiary/aromatic N) is 1. The van der Waals surface area contributed by atoms with Crippen molar-refractivity contribution in [3.05, 3.63) is 24.0 Å². The first-order valence-electron chi connectivity index (χ1n) is 4.62. The first kappa shape index (κ1) is 12.5. The normalized spacial score (nSPS) is 12.2. The third-order valence-corrected chi connectivity index (χ3v) is 2.23. The minimum Gasteiger partial charge on any atom is -0.353 e. The van der Waals surface area contributed by atoms with E-state index < -0.39 is 0 Å². The molecule has 1 heterocycles. The second-order valence-electron chi connectivity index (χ2n) is 3.29. The van der Waals surface area contributed by atoms with Gasteiger partial charge in [0.1, 0.15) is 0 Å². The average Bonchev–Trinajstić information content (AvgIpc) is 2.47. The largest absolute Gasteiger partial charge is 0.353 e. The van der Waals surface area contributed by atoms with Gasteiger partial charge < -0.3 is 10.3 Å². The van der Waals surface area contributed by atoms with Crippen LogP contribution in [0.1, 0.15) is 37.9 Å². The molecule has 1 rings (SSSR count). The molecule has 0 spiro atoms. The summed E-state index contributed by atoms with van der Waals surface area (Å²) in [4.78, 5) is 0. The van der Waals surface area contributed by atoms with Crippen LogP contribution in [0, 0.1) is 0 Å². The maximum Gasteiger partial charge on any atom is 0.0449 e. The van der Waals surface area contributed by atoms with Gasteiger partial charge in [-0.3, -0.25) is 0 Å². The van der Waals surface area contributed by atoms with Crippen LogP contribution in [0.25, 0.3) is 0 Å². The average molecular weight is 203 g/mol. The van der Waals surface area contributed by atoms with E-state index in [1.54, 1.807) is 0 Å². The van der Waals surface area contributed by atoms with Gasteiger partial charge in [0.25, 0.3) is 0 Å². The maximum absolute atomic E-state index is 6.01. The first-order chi connectivity index (χ1) is 5.75. The highest BCUT2D eigenvalue weighted by molar-refractivity contribution is 5.85. The molecule has 3 heteroatoms. The van der Waals surface area contributed by atoms with E-state index in [1.807, 2.05) is 19.3 Å². The van der Waals surface area contributed by atoms with Crippen molar-refractivity contribution in [3.8, 4) is 0 Å². The summed E-state index contributed by atoms with van der Waals surface area (Å²) >= 11 is 0. The minimum atomic E-state index is 0. The lowest BCUT2D eigenvalue weighted by atomic mass is 10.1. The Labute approximate surface area is 86.5 Å². The monoisotopic (exact) mass is 202 g/mol. The third-order valence-electron chi connectivity index (χ3n) is 2.23. The van der Waals surface area contributed by atoms with Gasteiger partial charge >= 0.3 is 0 Å². The van der Waals surface area contributed by atoms with Crippen LogP contribution in [0.3, 0.4) is 0 Å². The molecule has 0 aliphatic carbocycles. The van der Waals surface area contributed by atoms with Crippen molar-refractivity contribution >= 4 is 12.4 Å². The van der Waals surface area contributed by atoms with Gasteiger partial charge in [0.2, 0.25) is 0 Å². The molecular formula is C10H19ClN2. The minimum absolute atomic E-state index is 0. The zero-order chi connectivity index (χ0) is 8.97. The van der Waals surface area contributed by atoms with E-state index in [0.717, 1.165) is 6.42 Å². The molecule has 76 valence electrons. The Morgan fingerprint density at radius 3 is 2.69 bits per heavy atom. The lowest BCUT2D eigenvalue weighted by molar-refractivity contribution is 0.572. The number of nitrogens with two attached hydrogens (primary N) is 1. The maximum atomic E-state index is 6.01. The molecular weight excluding hydrogens is 184 g/mol. The smallest absolute Gasteiger partial charge is 0.0449 e. The number of halogens is 1. The van der Waals surface area contributed by atoms with Gasteiger partial charge in [0.15, 0.2) is 0 Å². The Balaban J connectivity index is 0.00000144. The van der Waals surface area contributed by atoms with Crippen molar-refractivity contribution in [2.75, 3.05) is 0 Å². The van der Waals surface area contributed by atoms with Crippen LogP contribution in [-0.2, 0) is 7.05 Å². The van der Waals surface area contributed by atoms with Crippen molar-refractivity contribution < 1.29 is 0 Å². The summed E-state index contributed by atoms with van der Waals surface area (Å²) < 4.78 is 2.10. The summed E-state index contributed by atoms with van der Waals surface area (Å²) in [6.45, 7) is 2.19. The van der Waals surface area contributed by atoms with E-state index in [1.165, 1.54) is 18.5 Å². The van der Waals surface area contributed by atoms with Crippen LogP contribution in [0.5, 0.6) is 0 Å². The van der Waals surface area contributed by atoms with Crippen molar-refractivity contribution in [1.29, 1.82) is 0 Å². The van der Waals surface area contributed by atoms with E-state index in [-0.39, 0.29) is 18.4 Å². The van der Waals surface area contributed by atoms with E-state index in [2.05, 4.69) is 17.6 Å². The van der Waals surface area contributed by atoms with Crippen LogP contribution in [0.4, 0.5) is 0 Å². The quantitative estimate of drug-likeness (QED) is 0.800. The molecule has 1 atom stereocenters. The predicted molar refractivity (Wildman–Crippen MR) is 59.1 cm³/mol. The fraction of sp³-hybridized carbons (Fsp3) is 0.600. The summed E-state index contributed by atoms with van der Waals surface area (Å²) in [7, 11) is 2.04. The van der Waals surface area contributed by atoms with E-state index in [4.69, 9.17) is 5.73 Å². The highest BCUT2D eigenvalue weighted by Crippen LogP contribution is 2.15. The summed E-state index contributed by atoms with van der Waals surface area (Å²) in [5.41, 5.74) is 7.24.